The van der Waals surface area contributed by atoms with Gasteiger partial charge in [0.25, 0.3) is 5.22 Å². The number of rotatable bonds is 5. The van der Waals surface area contributed by atoms with E-state index in [0.717, 1.165) is 43.5 Å². The van der Waals surface area contributed by atoms with E-state index >= 15 is 0 Å². The molecule has 1 saturated heterocycles. The molecule has 3 heterocycles. The van der Waals surface area contributed by atoms with E-state index < -0.39 is 0 Å². The van der Waals surface area contributed by atoms with Crippen LogP contribution in [0.4, 0.5) is 0 Å². The van der Waals surface area contributed by atoms with Gasteiger partial charge in [0, 0.05) is 19.1 Å². The molecule has 0 bridgehead atoms. The van der Waals surface area contributed by atoms with Gasteiger partial charge in [-0.05, 0) is 31.4 Å². The topological polar surface area (TPSA) is 77.0 Å². The molecule has 1 fully saturated rings. The van der Waals surface area contributed by atoms with Crippen LogP contribution < -0.4 is 0 Å². The second-order valence-electron chi connectivity index (χ2n) is 6.43. The number of thioether (sulfide) groups is 1. The van der Waals surface area contributed by atoms with E-state index in [-0.39, 0.29) is 11.2 Å². The summed E-state index contributed by atoms with van der Waals surface area (Å²) in [7, 11) is 0. The number of carbonyl (C=O) groups is 1. The minimum Gasteiger partial charge on any atom is -0.431 e. The Bertz CT molecular complexity index is 838. The van der Waals surface area contributed by atoms with Crippen LogP contribution in [0.1, 0.15) is 32.2 Å². The zero-order valence-corrected chi connectivity index (χ0v) is 15.4. The molecule has 3 aromatic rings. The maximum absolute atomic E-state index is 12.9. The first-order valence-electron chi connectivity index (χ1n) is 8.89. The lowest BCUT2D eigenvalue weighted by molar-refractivity contribution is -0.131. The number of amides is 1. The first-order valence-corrected chi connectivity index (χ1v) is 9.77. The average molecular weight is 371 g/mol. The molecule has 7 nitrogen and oxygen atoms in total. The van der Waals surface area contributed by atoms with E-state index in [1.165, 1.54) is 11.8 Å². The van der Waals surface area contributed by atoms with Gasteiger partial charge < -0.3 is 13.9 Å². The quantitative estimate of drug-likeness (QED) is 0.641. The van der Waals surface area contributed by atoms with E-state index in [0.29, 0.717) is 11.3 Å². The molecule has 0 aliphatic carbocycles. The van der Waals surface area contributed by atoms with Crippen molar-refractivity contribution in [1.82, 2.24) is 24.6 Å². The zero-order chi connectivity index (χ0) is 17.9. The maximum Gasteiger partial charge on any atom is 0.257 e. The SMILES string of the molecule is CCC(Sc1nc2ccccc2o1)C(=O)N1CCC(n2cnnc2)CC1. The Labute approximate surface area is 155 Å². The van der Waals surface area contributed by atoms with Crippen LogP contribution in [0.5, 0.6) is 0 Å². The molecule has 26 heavy (non-hydrogen) atoms. The van der Waals surface area contributed by atoms with Gasteiger partial charge >= 0.3 is 0 Å². The normalized spacial score (nSPS) is 16.9. The summed E-state index contributed by atoms with van der Waals surface area (Å²) < 4.78 is 7.80. The summed E-state index contributed by atoms with van der Waals surface area (Å²) in [5.74, 6) is 0.168. The monoisotopic (exact) mass is 371 g/mol. The molecule has 136 valence electrons. The summed E-state index contributed by atoms with van der Waals surface area (Å²) in [4.78, 5) is 19.4. The number of benzene rings is 1. The van der Waals surface area contributed by atoms with Crippen molar-refractivity contribution in [3.8, 4) is 0 Å². The molecule has 0 saturated carbocycles. The molecule has 1 aromatic carbocycles. The Morgan fingerprint density at radius 1 is 1.27 bits per heavy atom. The fraction of sp³-hybridized carbons (Fsp3) is 0.444. The molecule has 1 aliphatic rings. The van der Waals surface area contributed by atoms with Crippen LogP contribution in [0, 0.1) is 0 Å². The maximum atomic E-state index is 12.9. The number of carbonyl (C=O) groups excluding carboxylic acids is 1. The van der Waals surface area contributed by atoms with Crippen LogP contribution in [0.3, 0.4) is 0 Å². The lowest BCUT2D eigenvalue weighted by Crippen LogP contribution is -2.43. The van der Waals surface area contributed by atoms with Crippen LogP contribution >= 0.6 is 11.8 Å². The van der Waals surface area contributed by atoms with Gasteiger partial charge in [0.15, 0.2) is 5.58 Å². The van der Waals surface area contributed by atoms with Gasteiger partial charge in [-0.25, -0.2) is 4.98 Å². The highest BCUT2D eigenvalue weighted by atomic mass is 32.2. The smallest absolute Gasteiger partial charge is 0.257 e. The van der Waals surface area contributed by atoms with E-state index in [1.54, 1.807) is 12.7 Å². The fourth-order valence-corrected chi connectivity index (χ4v) is 4.27. The van der Waals surface area contributed by atoms with Gasteiger partial charge in [-0.3, -0.25) is 4.79 Å². The molecule has 0 spiro atoms. The van der Waals surface area contributed by atoms with Crippen LogP contribution in [0.25, 0.3) is 11.1 Å². The molecule has 1 amide bonds. The van der Waals surface area contributed by atoms with Crippen LogP contribution in [-0.2, 0) is 4.79 Å². The number of oxazole rings is 1. The first kappa shape index (κ1) is 17.1. The lowest BCUT2D eigenvalue weighted by atomic mass is 10.0. The van der Waals surface area contributed by atoms with Crippen LogP contribution in [0.2, 0.25) is 0 Å². The van der Waals surface area contributed by atoms with Crippen molar-refractivity contribution in [2.45, 2.75) is 42.7 Å². The van der Waals surface area contributed by atoms with Gasteiger partial charge in [-0.1, -0.05) is 30.8 Å². The van der Waals surface area contributed by atoms with Gasteiger partial charge in [0.05, 0.1) is 5.25 Å². The molecule has 2 aromatic heterocycles. The van der Waals surface area contributed by atoms with Crippen molar-refractivity contribution in [3.05, 3.63) is 36.9 Å². The van der Waals surface area contributed by atoms with Crippen molar-refractivity contribution in [3.63, 3.8) is 0 Å². The summed E-state index contributed by atoms with van der Waals surface area (Å²) in [6.07, 6.45) is 6.09. The molecule has 4 rings (SSSR count). The lowest BCUT2D eigenvalue weighted by Gasteiger charge is -2.34. The molecule has 1 aliphatic heterocycles. The van der Waals surface area contributed by atoms with Gasteiger partial charge in [-0.2, -0.15) is 0 Å². The Morgan fingerprint density at radius 2 is 2.00 bits per heavy atom. The number of nitrogens with zero attached hydrogens (tertiary/aromatic N) is 5. The van der Waals surface area contributed by atoms with Gasteiger partial charge in [0.2, 0.25) is 5.91 Å². The van der Waals surface area contributed by atoms with E-state index in [1.807, 2.05) is 40.7 Å². The number of fused-ring (bicyclic) bond motifs is 1. The summed E-state index contributed by atoms with van der Waals surface area (Å²) in [5.41, 5.74) is 1.58. The second kappa shape index (κ2) is 7.49. The van der Waals surface area contributed by atoms with Crippen molar-refractivity contribution in [1.29, 1.82) is 0 Å². The van der Waals surface area contributed by atoms with Crippen molar-refractivity contribution >= 4 is 28.8 Å². The number of para-hydroxylation sites is 2. The van der Waals surface area contributed by atoms with Crippen molar-refractivity contribution < 1.29 is 9.21 Å². The highest BCUT2D eigenvalue weighted by molar-refractivity contribution is 8.00. The summed E-state index contributed by atoms with van der Waals surface area (Å²) in [5, 5.41) is 8.13. The standard InChI is InChI=1S/C18H21N5O2S/c1-2-16(26-18-21-14-5-3-4-6-15(14)25-18)17(24)22-9-7-13(8-10-22)23-11-19-20-12-23/h3-6,11-13,16H,2,7-10H2,1H3. The fourth-order valence-electron chi connectivity index (χ4n) is 3.32. The number of piperidine rings is 1. The number of aromatic nitrogens is 4. The predicted octanol–water partition coefficient (Wildman–Crippen LogP) is 3.15. The predicted molar refractivity (Wildman–Crippen MR) is 98.8 cm³/mol. The molecule has 0 radical (unpaired) electrons. The Hall–Kier alpha value is -2.35. The van der Waals surface area contributed by atoms with Gasteiger partial charge in [0.1, 0.15) is 18.2 Å². The largest absolute Gasteiger partial charge is 0.431 e. The highest BCUT2D eigenvalue weighted by Crippen LogP contribution is 2.30. The summed E-state index contributed by atoms with van der Waals surface area (Å²) in [6, 6.07) is 8.04. The minimum absolute atomic E-state index is 0.168. The molecule has 0 N–H and O–H groups in total. The molecule has 1 unspecified atom stereocenters. The number of likely N-dealkylation sites (tertiary alicyclic amines) is 1. The Morgan fingerprint density at radius 3 is 2.69 bits per heavy atom. The third-order valence-corrected chi connectivity index (χ3v) is 5.99. The number of hydrogen-bond acceptors (Lipinski definition) is 6. The van der Waals surface area contributed by atoms with Crippen LogP contribution in [-0.4, -0.2) is 48.9 Å². The van der Waals surface area contributed by atoms with Crippen molar-refractivity contribution in [2.75, 3.05) is 13.1 Å². The second-order valence-corrected chi connectivity index (χ2v) is 7.58. The van der Waals surface area contributed by atoms with E-state index in [9.17, 15) is 4.79 Å². The molecular weight excluding hydrogens is 350 g/mol. The molecular formula is C18H21N5O2S. The van der Waals surface area contributed by atoms with Crippen molar-refractivity contribution in [2.24, 2.45) is 0 Å². The average Bonchev–Trinajstić information content (AvgIpc) is 3.35. The molecule has 8 heteroatoms. The molecule has 1 atom stereocenters. The van der Waals surface area contributed by atoms with Gasteiger partial charge in [-0.15, -0.1) is 10.2 Å². The van der Waals surface area contributed by atoms with E-state index in [4.69, 9.17) is 4.42 Å². The van der Waals surface area contributed by atoms with Crippen LogP contribution in [0.15, 0.2) is 46.6 Å². The zero-order valence-electron chi connectivity index (χ0n) is 14.6. The Kier molecular flexibility index (Phi) is 4.92. The first-order chi connectivity index (χ1) is 12.7. The Balaban J connectivity index is 1.39. The third kappa shape index (κ3) is 3.46. The highest BCUT2D eigenvalue weighted by Gasteiger charge is 2.29. The summed E-state index contributed by atoms with van der Waals surface area (Å²) >= 11 is 1.42. The minimum atomic E-state index is -0.172. The number of hydrogen-bond donors (Lipinski definition) is 0. The van der Waals surface area contributed by atoms with E-state index in [2.05, 4.69) is 15.2 Å². The third-order valence-electron chi connectivity index (χ3n) is 4.80. The summed E-state index contributed by atoms with van der Waals surface area (Å²) in [6.45, 7) is 3.54.